The molecule has 0 aliphatic carbocycles. The van der Waals surface area contributed by atoms with Gasteiger partial charge in [0, 0.05) is 18.0 Å². The summed E-state index contributed by atoms with van der Waals surface area (Å²) in [5.41, 5.74) is 4.34. The molecule has 0 spiro atoms. The Kier molecular flexibility index (Phi) is 6.80. The van der Waals surface area contributed by atoms with E-state index in [1.165, 1.54) is 5.56 Å². The van der Waals surface area contributed by atoms with Crippen LogP contribution in [0.2, 0.25) is 0 Å². The summed E-state index contributed by atoms with van der Waals surface area (Å²) in [5, 5.41) is 12.5. The molecule has 2 saturated heterocycles. The highest BCUT2D eigenvalue weighted by molar-refractivity contribution is 5.68. The lowest BCUT2D eigenvalue weighted by molar-refractivity contribution is -0.0712. The molecule has 2 aliphatic heterocycles. The largest absolute Gasteiger partial charge is 0.495 e. The molecule has 5 rings (SSSR count). The number of hydrogen-bond acceptors (Lipinski definition) is 8. The van der Waals surface area contributed by atoms with Gasteiger partial charge in [-0.3, -0.25) is 4.90 Å². The number of benzene rings is 2. The number of ether oxygens (including phenoxy) is 3. The number of nitriles is 1. The number of nitrogens with one attached hydrogen (secondary N) is 1. The smallest absolute Gasteiger partial charge is 0.227 e. The molecule has 0 atom stereocenters. The van der Waals surface area contributed by atoms with Crippen LogP contribution in [-0.2, 0) is 4.74 Å². The molecule has 1 N–H and O–H groups in total. The van der Waals surface area contributed by atoms with Gasteiger partial charge in [0.05, 0.1) is 44.7 Å². The fraction of sp³-hybridized carbons (Fsp3) is 0.370. The van der Waals surface area contributed by atoms with E-state index in [4.69, 9.17) is 14.2 Å². The van der Waals surface area contributed by atoms with E-state index in [9.17, 15) is 5.26 Å². The summed E-state index contributed by atoms with van der Waals surface area (Å²) in [5.74, 6) is 2.33. The first-order valence-electron chi connectivity index (χ1n) is 11.9. The van der Waals surface area contributed by atoms with Crippen molar-refractivity contribution in [2.75, 3.05) is 45.8 Å². The number of methoxy groups -OCH3 is 2. The molecular formula is C27H29N5O3. The Morgan fingerprint density at radius 3 is 2.34 bits per heavy atom. The summed E-state index contributed by atoms with van der Waals surface area (Å²) in [6.07, 6.45) is 5.80. The van der Waals surface area contributed by atoms with Crippen LogP contribution in [0.5, 0.6) is 11.5 Å². The van der Waals surface area contributed by atoms with Gasteiger partial charge in [0.15, 0.2) is 0 Å². The van der Waals surface area contributed by atoms with E-state index >= 15 is 0 Å². The van der Waals surface area contributed by atoms with Gasteiger partial charge in [0.25, 0.3) is 0 Å². The van der Waals surface area contributed by atoms with E-state index in [2.05, 4.69) is 38.4 Å². The number of piperidine rings is 1. The third-order valence-electron chi connectivity index (χ3n) is 6.92. The number of hydrogen-bond donors (Lipinski definition) is 1. The summed E-state index contributed by atoms with van der Waals surface area (Å²) >= 11 is 0. The average molecular weight is 472 g/mol. The molecule has 8 nitrogen and oxygen atoms in total. The molecule has 3 aromatic rings. The molecule has 0 unspecified atom stereocenters. The third-order valence-corrected chi connectivity index (χ3v) is 6.92. The van der Waals surface area contributed by atoms with Gasteiger partial charge >= 0.3 is 0 Å². The second-order valence-electron chi connectivity index (χ2n) is 8.91. The molecular weight excluding hydrogens is 442 g/mol. The van der Waals surface area contributed by atoms with Gasteiger partial charge in [-0.2, -0.15) is 5.26 Å². The maximum Gasteiger partial charge on any atom is 0.227 e. The van der Waals surface area contributed by atoms with Crippen LogP contribution < -0.4 is 14.8 Å². The Bertz CT molecular complexity index is 1210. The molecule has 180 valence electrons. The van der Waals surface area contributed by atoms with Gasteiger partial charge in [-0.15, -0.1) is 0 Å². The third kappa shape index (κ3) is 4.92. The Morgan fingerprint density at radius 1 is 0.971 bits per heavy atom. The Hall–Kier alpha value is -3.67. The zero-order chi connectivity index (χ0) is 24.2. The van der Waals surface area contributed by atoms with Crippen LogP contribution in [0.3, 0.4) is 0 Å². The minimum atomic E-state index is 0.483. The lowest BCUT2D eigenvalue weighted by atomic mass is 9.88. The van der Waals surface area contributed by atoms with Crippen molar-refractivity contribution < 1.29 is 14.2 Å². The average Bonchev–Trinajstić information content (AvgIpc) is 2.88. The summed E-state index contributed by atoms with van der Waals surface area (Å²) in [6, 6.07) is 14.5. The van der Waals surface area contributed by atoms with Crippen molar-refractivity contribution in [3.05, 3.63) is 59.9 Å². The lowest BCUT2D eigenvalue weighted by Gasteiger charge is -2.41. The maximum atomic E-state index is 9.18. The van der Waals surface area contributed by atoms with Gasteiger partial charge in [-0.1, -0.05) is 12.1 Å². The minimum Gasteiger partial charge on any atom is -0.495 e. The van der Waals surface area contributed by atoms with Crippen LogP contribution in [-0.4, -0.2) is 61.4 Å². The zero-order valence-corrected chi connectivity index (χ0v) is 20.0. The number of nitrogens with zero attached hydrogens (tertiary/aromatic N) is 4. The molecule has 3 heterocycles. The SMILES string of the molecule is COc1cc(-c2cnc(Nc3ccc(C4CCN(C5COC5)CC4)cc3OC)nc2)ccc1C#N. The number of anilines is 2. The first-order valence-corrected chi connectivity index (χ1v) is 11.9. The van der Waals surface area contributed by atoms with Crippen molar-refractivity contribution in [3.63, 3.8) is 0 Å². The highest BCUT2D eigenvalue weighted by Crippen LogP contribution is 2.35. The predicted octanol–water partition coefficient (Wildman–Crippen LogP) is 4.35. The van der Waals surface area contributed by atoms with E-state index in [1.54, 1.807) is 32.7 Å². The van der Waals surface area contributed by atoms with Crippen molar-refractivity contribution in [3.8, 4) is 28.7 Å². The number of rotatable bonds is 7. The van der Waals surface area contributed by atoms with Gasteiger partial charge < -0.3 is 19.5 Å². The van der Waals surface area contributed by atoms with Crippen molar-refractivity contribution in [2.45, 2.75) is 24.8 Å². The fourth-order valence-corrected chi connectivity index (χ4v) is 4.72. The normalized spacial score (nSPS) is 16.8. The van der Waals surface area contributed by atoms with Crippen molar-refractivity contribution in [1.82, 2.24) is 14.9 Å². The van der Waals surface area contributed by atoms with Crippen molar-refractivity contribution in [2.24, 2.45) is 0 Å². The van der Waals surface area contributed by atoms with Crippen LogP contribution >= 0.6 is 0 Å². The Morgan fingerprint density at radius 2 is 1.71 bits per heavy atom. The Balaban J connectivity index is 1.26. The van der Waals surface area contributed by atoms with Crippen LogP contribution in [0, 0.1) is 11.3 Å². The molecule has 2 fully saturated rings. The summed E-state index contributed by atoms with van der Waals surface area (Å²) in [6.45, 7) is 3.99. The minimum absolute atomic E-state index is 0.483. The molecule has 2 aliphatic rings. The summed E-state index contributed by atoms with van der Waals surface area (Å²) in [7, 11) is 3.24. The molecule has 0 radical (unpaired) electrons. The monoisotopic (exact) mass is 471 g/mol. The van der Waals surface area contributed by atoms with Gasteiger partial charge in [0.1, 0.15) is 17.6 Å². The summed E-state index contributed by atoms with van der Waals surface area (Å²) < 4.78 is 16.3. The van der Waals surface area contributed by atoms with Crippen molar-refractivity contribution in [1.29, 1.82) is 5.26 Å². The number of aromatic nitrogens is 2. The first-order chi connectivity index (χ1) is 17.2. The lowest BCUT2D eigenvalue weighted by Crippen LogP contribution is -2.51. The van der Waals surface area contributed by atoms with Gasteiger partial charge in [-0.25, -0.2) is 9.97 Å². The van der Waals surface area contributed by atoms with Gasteiger partial charge in [0.2, 0.25) is 5.95 Å². The highest BCUT2D eigenvalue weighted by atomic mass is 16.5. The van der Waals surface area contributed by atoms with Gasteiger partial charge in [-0.05, 0) is 67.2 Å². The topological polar surface area (TPSA) is 92.5 Å². The molecule has 1 aromatic heterocycles. The fourth-order valence-electron chi connectivity index (χ4n) is 4.72. The zero-order valence-electron chi connectivity index (χ0n) is 20.0. The van der Waals surface area contributed by atoms with Crippen LogP contribution in [0.25, 0.3) is 11.1 Å². The van der Waals surface area contributed by atoms with Crippen LogP contribution in [0.1, 0.15) is 29.9 Å². The second-order valence-corrected chi connectivity index (χ2v) is 8.91. The molecule has 0 amide bonds. The summed E-state index contributed by atoms with van der Waals surface area (Å²) in [4.78, 5) is 11.5. The molecule has 8 heteroatoms. The van der Waals surface area contributed by atoms with E-state index < -0.39 is 0 Å². The molecule has 0 saturated carbocycles. The second kappa shape index (κ2) is 10.3. The first kappa shape index (κ1) is 23.1. The highest BCUT2D eigenvalue weighted by Gasteiger charge is 2.30. The van der Waals surface area contributed by atoms with E-state index in [0.717, 1.165) is 61.7 Å². The van der Waals surface area contributed by atoms with E-state index in [-0.39, 0.29) is 0 Å². The molecule has 2 aromatic carbocycles. The van der Waals surface area contributed by atoms with Crippen LogP contribution in [0.15, 0.2) is 48.8 Å². The molecule has 0 bridgehead atoms. The van der Waals surface area contributed by atoms with Crippen molar-refractivity contribution >= 4 is 11.6 Å². The quantitative estimate of drug-likeness (QED) is 0.544. The predicted molar refractivity (Wildman–Crippen MR) is 133 cm³/mol. The standard InChI is InChI=1S/C27H29N5O3/c1-33-25-11-20(3-4-21(25)13-28)22-14-29-27(30-15-22)31-24-6-5-19(12-26(24)34-2)18-7-9-32(10-8-18)23-16-35-17-23/h3-6,11-12,14-15,18,23H,7-10,16-17H2,1-2H3,(H,29,30,31). The van der Waals surface area contributed by atoms with E-state index in [1.807, 2.05) is 18.2 Å². The Labute approximate surface area is 205 Å². The molecule has 35 heavy (non-hydrogen) atoms. The number of likely N-dealkylation sites (tertiary alicyclic amines) is 1. The maximum absolute atomic E-state index is 9.18. The van der Waals surface area contributed by atoms with Crippen LogP contribution in [0.4, 0.5) is 11.6 Å². The van der Waals surface area contributed by atoms with E-state index in [0.29, 0.717) is 29.2 Å².